The second-order valence-electron chi connectivity index (χ2n) is 26.6. The monoisotopic (exact) mass is 1450 g/mol. The Hall–Kier alpha value is -3.76. The summed E-state index contributed by atoms with van der Waals surface area (Å²) in [5.41, 5.74) is 0. The van der Waals surface area contributed by atoms with E-state index in [0.29, 0.717) is 25.7 Å². The largest absolute Gasteiger partial charge is 0.472 e. The first-order valence-electron chi connectivity index (χ1n) is 39.8. The van der Waals surface area contributed by atoms with Crippen molar-refractivity contribution in [2.75, 3.05) is 39.6 Å². The lowest BCUT2D eigenvalue weighted by Gasteiger charge is -2.21. The lowest BCUT2D eigenvalue weighted by Crippen LogP contribution is -2.30. The second-order valence-corrected chi connectivity index (χ2v) is 29.5. The average Bonchev–Trinajstić information content (AvgIpc) is 0.965. The molecule has 0 amide bonds. The number of aliphatic hydroxyl groups excluding tert-OH is 1. The number of hydrogen-bond donors (Lipinski definition) is 3. The molecule has 0 aliphatic heterocycles. The first-order chi connectivity index (χ1) is 48.7. The van der Waals surface area contributed by atoms with Crippen LogP contribution in [0.15, 0.2) is 85.1 Å². The maximum absolute atomic E-state index is 13.1. The van der Waals surface area contributed by atoms with Crippen LogP contribution in [-0.2, 0) is 65.4 Å². The summed E-state index contributed by atoms with van der Waals surface area (Å²) in [6, 6.07) is 0. The molecule has 100 heavy (non-hydrogen) atoms. The summed E-state index contributed by atoms with van der Waals surface area (Å²) in [5, 5.41) is 10.6. The first-order valence-corrected chi connectivity index (χ1v) is 42.8. The molecule has 0 bridgehead atoms. The zero-order valence-corrected chi connectivity index (χ0v) is 65.2. The number of ether oxygens (including phenoxy) is 4. The number of rotatable bonds is 75. The third-order valence-electron chi connectivity index (χ3n) is 16.9. The van der Waals surface area contributed by atoms with Crippen molar-refractivity contribution in [2.24, 2.45) is 0 Å². The van der Waals surface area contributed by atoms with Gasteiger partial charge in [-0.05, 0) is 116 Å². The van der Waals surface area contributed by atoms with Crippen LogP contribution >= 0.6 is 15.6 Å². The van der Waals surface area contributed by atoms with Gasteiger partial charge in [0.05, 0.1) is 26.4 Å². The number of esters is 4. The first kappa shape index (κ1) is 96.2. The molecule has 5 atom stereocenters. The van der Waals surface area contributed by atoms with Crippen molar-refractivity contribution >= 4 is 39.5 Å². The number of carbonyl (C=O) groups excluding carboxylic acids is 4. The molecule has 0 rings (SSSR count). The third-order valence-corrected chi connectivity index (χ3v) is 18.8. The van der Waals surface area contributed by atoms with E-state index in [4.69, 9.17) is 37.0 Å². The molecular formula is C81H144O17P2. The molecular weight excluding hydrogens is 1310 g/mol. The highest BCUT2D eigenvalue weighted by Crippen LogP contribution is 2.45. The Morgan fingerprint density at radius 2 is 0.520 bits per heavy atom. The molecule has 19 heteroatoms. The van der Waals surface area contributed by atoms with Crippen LogP contribution in [0.4, 0.5) is 0 Å². The fourth-order valence-corrected chi connectivity index (χ4v) is 12.4. The predicted molar refractivity (Wildman–Crippen MR) is 409 cm³/mol. The van der Waals surface area contributed by atoms with E-state index in [1.165, 1.54) is 89.9 Å². The van der Waals surface area contributed by atoms with E-state index >= 15 is 0 Å². The number of aliphatic hydroxyl groups is 1. The molecule has 0 aliphatic carbocycles. The van der Waals surface area contributed by atoms with E-state index in [-0.39, 0.29) is 25.7 Å². The Bertz CT molecular complexity index is 2230. The van der Waals surface area contributed by atoms with Gasteiger partial charge in [-0.15, -0.1) is 0 Å². The highest BCUT2D eigenvalue weighted by atomic mass is 31.2. The highest BCUT2D eigenvalue weighted by molar-refractivity contribution is 7.47. The molecule has 0 spiro atoms. The molecule has 0 aromatic heterocycles. The van der Waals surface area contributed by atoms with Crippen LogP contribution in [0.25, 0.3) is 0 Å². The summed E-state index contributed by atoms with van der Waals surface area (Å²) in [6.45, 7) is 4.66. The molecule has 3 N–H and O–H groups in total. The van der Waals surface area contributed by atoms with Gasteiger partial charge < -0.3 is 33.8 Å². The van der Waals surface area contributed by atoms with Crippen molar-refractivity contribution in [3.8, 4) is 0 Å². The van der Waals surface area contributed by atoms with Crippen molar-refractivity contribution < 1.29 is 80.2 Å². The molecule has 17 nitrogen and oxygen atoms in total. The van der Waals surface area contributed by atoms with E-state index < -0.39 is 97.5 Å². The lowest BCUT2D eigenvalue weighted by atomic mass is 10.0. The maximum atomic E-state index is 13.1. The molecule has 0 heterocycles. The molecule has 0 aliphatic rings. The summed E-state index contributed by atoms with van der Waals surface area (Å²) < 4.78 is 68.6. The minimum atomic E-state index is -4.98. The zero-order chi connectivity index (χ0) is 73.2. The van der Waals surface area contributed by atoms with Crippen molar-refractivity contribution in [3.63, 3.8) is 0 Å². The van der Waals surface area contributed by atoms with Gasteiger partial charge >= 0.3 is 39.5 Å². The summed E-state index contributed by atoms with van der Waals surface area (Å²) in [7, 11) is -9.95. The Kier molecular flexibility index (Phi) is 70.8. The van der Waals surface area contributed by atoms with Gasteiger partial charge in [0.25, 0.3) is 0 Å². The number of phosphoric acid groups is 2. The van der Waals surface area contributed by atoms with Gasteiger partial charge in [-0.25, -0.2) is 9.13 Å². The van der Waals surface area contributed by atoms with Crippen LogP contribution in [0.2, 0.25) is 0 Å². The van der Waals surface area contributed by atoms with Gasteiger partial charge in [0.2, 0.25) is 0 Å². The van der Waals surface area contributed by atoms with Crippen LogP contribution < -0.4 is 0 Å². The highest BCUT2D eigenvalue weighted by Gasteiger charge is 2.30. The number of phosphoric ester groups is 2. The summed E-state index contributed by atoms with van der Waals surface area (Å²) in [5.74, 6) is -2.19. The molecule has 0 saturated carbocycles. The predicted octanol–water partition coefficient (Wildman–Crippen LogP) is 23.0. The van der Waals surface area contributed by atoms with Gasteiger partial charge in [-0.3, -0.25) is 37.3 Å². The number of carbonyl (C=O) groups is 4. The van der Waals surface area contributed by atoms with Gasteiger partial charge in [0.1, 0.15) is 19.3 Å². The van der Waals surface area contributed by atoms with E-state index in [0.717, 1.165) is 180 Å². The molecule has 0 aromatic carbocycles. The van der Waals surface area contributed by atoms with Gasteiger partial charge in [-0.2, -0.15) is 0 Å². The lowest BCUT2D eigenvalue weighted by molar-refractivity contribution is -0.161. The Morgan fingerprint density at radius 3 is 0.820 bits per heavy atom. The van der Waals surface area contributed by atoms with Crippen molar-refractivity contribution in [1.82, 2.24) is 0 Å². The Morgan fingerprint density at radius 1 is 0.290 bits per heavy atom. The second kappa shape index (κ2) is 73.5. The molecule has 0 aromatic rings. The Labute approximate surface area is 608 Å². The molecule has 580 valence electrons. The number of unbranched alkanes of at least 4 members (excludes halogenated alkanes) is 35. The standard InChI is InChI=1S/C81H144O17P2/c1-5-9-13-17-21-25-29-33-36-37-40-43-46-50-54-58-62-66-79(84)92-71-76(97-80(85)67-63-59-55-51-47-41-32-28-24-20-16-12-8-4)73-95-99(87,88)93-69-75(82)70-94-100(89,90)96-74-77(98-81(86)68-64-60-56-52-48-44-39-35-31-27-23-19-15-11-7-3)72-91-78(83)65-61-57-53-49-45-42-38-34-30-26-22-18-14-10-6-2/h9-10,13-14,21-22,25-26,28,32-34,36,38,75-77,82H,5-8,11-12,15-20,23-24,27,29-31,35,37,39-74H2,1-4H3,(H,87,88)(H,89,90)/b13-9-,14-10-,25-21-,26-22-,32-28-,36-33-,38-34-. The van der Waals surface area contributed by atoms with Crippen molar-refractivity contribution in [2.45, 2.75) is 367 Å². The minimum absolute atomic E-state index is 0.0842. The summed E-state index contributed by atoms with van der Waals surface area (Å²) in [6.07, 6.45) is 75.6. The summed E-state index contributed by atoms with van der Waals surface area (Å²) in [4.78, 5) is 73.0. The SMILES string of the molecule is CC/C=C\C/C=C\C/C=C\CCCCCCCCCC(=O)OCC(COP(=O)(O)OCC(O)COP(=O)(O)OCC(COC(=O)CCCCCCC/C=C\C/C=C\C/C=C\CC)OC(=O)CCCCCCCCCCCCCCCCC)OC(=O)CCCCCCC/C=C\CCCCCC. The smallest absolute Gasteiger partial charge is 0.462 e. The fraction of sp³-hybridized carbons (Fsp3) is 0.778. The fourth-order valence-electron chi connectivity index (χ4n) is 10.8. The molecule has 5 unspecified atom stereocenters. The van der Waals surface area contributed by atoms with Crippen LogP contribution in [-0.4, -0.2) is 96.7 Å². The number of hydrogen-bond acceptors (Lipinski definition) is 15. The quantitative estimate of drug-likeness (QED) is 0.0169. The summed E-state index contributed by atoms with van der Waals surface area (Å²) >= 11 is 0. The van der Waals surface area contributed by atoms with Gasteiger partial charge in [0, 0.05) is 25.7 Å². The van der Waals surface area contributed by atoms with E-state index in [2.05, 4.69) is 113 Å². The van der Waals surface area contributed by atoms with Crippen molar-refractivity contribution in [3.05, 3.63) is 85.1 Å². The topological polar surface area (TPSA) is 237 Å². The van der Waals surface area contributed by atoms with Crippen LogP contribution in [0.5, 0.6) is 0 Å². The van der Waals surface area contributed by atoms with E-state index in [1.54, 1.807) is 0 Å². The maximum Gasteiger partial charge on any atom is 0.472 e. The third kappa shape index (κ3) is 72.6. The van der Waals surface area contributed by atoms with Crippen LogP contribution in [0.1, 0.15) is 349 Å². The zero-order valence-electron chi connectivity index (χ0n) is 63.4. The normalized spacial score (nSPS) is 14.3. The minimum Gasteiger partial charge on any atom is -0.462 e. The van der Waals surface area contributed by atoms with Gasteiger partial charge in [-0.1, -0.05) is 293 Å². The van der Waals surface area contributed by atoms with Gasteiger partial charge in [0.15, 0.2) is 12.2 Å². The van der Waals surface area contributed by atoms with E-state index in [1.807, 2.05) is 0 Å². The number of allylic oxidation sites excluding steroid dienone is 14. The van der Waals surface area contributed by atoms with Crippen LogP contribution in [0, 0.1) is 0 Å². The molecule has 0 saturated heterocycles. The van der Waals surface area contributed by atoms with E-state index in [9.17, 15) is 43.2 Å². The Balaban J connectivity index is 5.34. The molecule has 0 radical (unpaired) electrons. The van der Waals surface area contributed by atoms with Crippen LogP contribution in [0.3, 0.4) is 0 Å². The average molecular weight is 1450 g/mol. The molecule has 0 fully saturated rings. The van der Waals surface area contributed by atoms with Crippen molar-refractivity contribution in [1.29, 1.82) is 0 Å².